The number of ether oxygens (including phenoxy) is 1. The second-order valence-electron chi connectivity index (χ2n) is 7.26. The van der Waals surface area contributed by atoms with Crippen LogP contribution in [0.2, 0.25) is 0 Å². The van der Waals surface area contributed by atoms with Crippen LogP contribution in [-0.2, 0) is 14.8 Å². The van der Waals surface area contributed by atoms with Gasteiger partial charge in [0.1, 0.15) is 0 Å². The fraction of sp³-hybridized carbons (Fsp3) is 0.941. The van der Waals surface area contributed by atoms with Crippen molar-refractivity contribution in [1.29, 1.82) is 0 Å². The molecule has 1 aliphatic heterocycles. The quantitative estimate of drug-likeness (QED) is 0.190. The zero-order chi connectivity index (χ0) is 18.9. The van der Waals surface area contributed by atoms with Crippen LogP contribution in [0.4, 0.5) is 0 Å². The molecule has 0 bridgehead atoms. The van der Waals surface area contributed by atoms with E-state index in [9.17, 15) is 8.42 Å². The van der Waals surface area contributed by atoms with Crippen LogP contribution in [0.5, 0.6) is 0 Å². The Morgan fingerprint density at radius 2 is 1.78 bits per heavy atom. The number of nitrogens with zero attached hydrogens (tertiary/aromatic N) is 2. The van der Waals surface area contributed by atoms with Crippen LogP contribution >= 0.6 is 24.0 Å². The van der Waals surface area contributed by atoms with Crippen molar-refractivity contribution in [2.24, 2.45) is 4.99 Å². The Bertz CT molecular complexity index is 547. The van der Waals surface area contributed by atoms with Gasteiger partial charge in [0.25, 0.3) is 0 Å². The summed E-state index contributed by atoms with van der Waals surface area (Å²) < 4.78 is 30.2. The van der Waals surface area contributed by atoms with Crippen molar-refractivity contribution in [3.63, 3.8) is 0 Å². The molecule has 1 heterocycles. The van der Waals surface area contributed by atoms with E-state index in [4.69, 9.17) is 4.74 Å². The lowest BCUT2D eigenvalue weighted by molar-refractivity contribution is -0.0352. The van der Waals surface area contributed by atoms with Crippen LogP contribution in [0, 0.1) is 0 Å². The molecule has 0 aromatic heterocycles. The van der Waals surface area contributed by atoms with E-state index in [1.807, 2.05) is 0 Å². The fourth-order valence-corrected chi connectivity index (χ4v) is 4.39. The number of morpholine rings is 1. The molecule has 1 aliphatic carbocycles. The first kappa shape index (κ1) is 24.9. The normalized spacial score (nSPS) is 21.3. The molecule has 0 aromatic carbocycles. The molecule has 0 aromatic rings. The van der Waals surface area contributed by atoms with Gasteiger partial charge in [-0.1, -0.05) is 19.3 Å². The lowest BCUT2D eigenvalue weighted by atomic mass is 9.80. The van der Waals surface area contributed by atoms with Gasteiger partial charge in [-0.15, -0.1) is 24.0 Å². The molecular formula is C17H36IN5O3S. The van der Waals surface area contributed by atoms with Crippen LogP contribution in [0.15, 0.2) is 4.99 Å². The Labute approximate surface area is 181 Å². The summed E-state index contributed by atoms with van der Waals surface area (Å²) in [4.78, 5) is 6.91. The number of nitrogens with one attached hydrogen (secondary N) is 3. The van der Waals surface area contributed by atoms with Gasteiger partial charge in [0.15, 0.2) is 5.96 Å². The molecule has 2 fully saturated rings. The van der Waals surface area contributed by atoms with Gasteiger partial charge in [-0.3, -0.25) is 9.89 Å². The van der Waals surface area contributed by atoms with Gasteiger partial charge >= 0.3 is 0 Å². The van der Waals surface area contributed by atoms with Gasteiger partial charge in [0, 0.05) is 45.3 Å². The Balaban J connectivity index is 0.00000364. The highest BCUT2D eigenvalue weighted by atomic mass is 127. The van der Waals surface area contributed by atoms with Gasteiger partial charge in [0.05, 0.1) is 19.5 Å². The molecule has 2 rings (SSSR count). The highest BCUT2D eigenvalue weighted by molar-refractivity contribution is 14.0. The first-order chi connectivity index (χ1) is 12.5. The molecule has 0 radical (unpaired) electrons. The van der Waals surface area contributed by atoms with E-state index < -0.39 is 10.0 Å². The second kappa shape index (κ2) is 12.4. The third-order valence-corrected chi connectivity index (χ3v) is 6.01. The third kappa shape index (κ3) is 8.80. The minimum absolute atomic E-state index is 0. The van der Waals surface area contributed by atoms with E-state index in [1.54, 1.807) is 7.05 Å². The molecule has 27 heavy (non-hydrogen) atoms. The standard InChI is InChI=1S/C17H35N5O3S.HI/c1-18-16(19-9-6-10-21-26(2,23)24)20-15-17(7-4-3-5-8-17)22-11-13-25-14-12-22;/h21H,3-15H2,1-2H3,(H2,18,19,20);1H. The van der Waals surface area contributed by atoms with Crippen LogP contribution in [-0.4, -0.2) is 84.1 Å². The Hall–Kier alpha value is -0.170. The monoisotopic (exact) mass is 517 g/mol. The summed E-state index contributed by atoms with van der Waals surface area (Å²) in [5.41, 5.74) is 0.192. The molecule has 10 heteroatoms. The topological polar surface area (TPSA) is 95.1 Å². The van der Waals surface area contributed by atoms with Gasteiger partial charge in [-0.25, -0.2) is 13.1 Å². The van der Waals surface area contributed by atoms with E-state index in [-0.39, 0.29) is 29.5 Å². The lowest BCUT2D eigenvalue weighted by Crippen LogP contribution is -2.60. The molecule has 0 atom stereocenters. The number of sulfonamides is 1. The molecule has 2 aliphatic rings. The highest BCUT2D eigenvalue weighted by Gasteiger charge is 2.38. The number of guanidine groups is 1. The molecule has 8 nitrogen and oxygen atoms in total. The average molecular weight is 517 g/mol. The average Bonchev–Trinajstić information content (AvgIpc) is 2.64. The van der Waals surface area contributed by atoms with Crippen molar-refractivity contribution in [2.45, 2.75) is 44.1 Å². The van der Waals surface area contributed by atoms with E-state index in [0.717, 1.165) is 38.8 Å². The summed E-state index contributed by atoms with van der Waals surface area (Å²) in [5, 5.41) is 6.78. The van der Waals surface area contributed by atoms with E-state index in [0.29, 0.717) is 19.5 Å². The maximum absolute atomic E-state index is 11.1. The van der Waals surface area contributed by atoms with Gasteiger partial charge in [-0.2, -0.15) is 0 Å². The number of aliphatic imine (C=N–C) groups is 1. The van der Waals surface area contributed by atoms with E-state index in [1.165, 1.54) is 38.4 Å². The molecular weight excluding hydrogens is 481 g/mol. The predicted octanol–water partition coefficient (Wildman–Crippen LogP) is 0.744. The molecule has 1 saturated carbocycles. The summed E-state index contributed by atoms with van der Waals surface area (Å²) in [6.45, 7) is 5.64. The molecule has 1 saturated heterocycles. The van der Waals surface area contributed by atoms with Crippen LogP contribution in [0.1, 0.15) is 38.5 Å². The second-order valence-corrected chi connectivity index (χ2v) is 9.09. The van der Waals surface area contributed by atoms with Gasteiger partial charge in [0.2, 0.25) is 10.0 Å². The first-order valence-corrected chi connectivity index (χ1v) is 11.6. The molecule has 0 unspecified atom stereocenters. The van der Waals surface area contributed by atoms with Crippen molar-refractivity contribution >= 4 is 40.0 Å². The SMILES string of the molecule is CN=C(NCCCNS(C)(=O)=O)NCC1(N2CCOCC2)CCCCC1.I. The van der Waals surface area contributed by atoms with Crippen molar-refractivity contribution < 1.29 is 13.2 Å². The number of halogens is 1. The number of rotatable bonds is 8. The first-order valence-electron chi connectivity index (χ1n) is 9.67. The zero-order valence-electron chi connectivity index (χ0n) is 16.6. The van der Waals surface area contributed by atoms with E-state index >= 15 is 0 Å². The van der Waals surface area contributed by atoms with Crippen LogP contribution in [0.3, 0.4) is 0 Å². The number of hydrogen-bond acceptors (Lipinski definition) is 5. The summed E-state index contributed by atoms with van der Waals surface area (Å²) in [6.07, 6.45) is 8.21. The third-order valence-electron chi connectivity index (χ3n) is 5.28. The van der Waals surface area contributed by atoms with Gasteiger partial charge in [-0.05, 0) is 19.3 Å². The highest BCUT2D eigenvalue weighted by Crippen LogP contribution is 2.33. The molecule has 160 valence electrons. The van der Waals surface area contributed by atoms with Crippen molar-refractivity contribution in [3.8, 4) is 0 Å². The fourth-order valence-electron chi connectivity index (χ4n) is 3.87. The largest absolute Gasteiger partial charge is 0.379 e. The predicted molar refractivity (Wildman–Crippen MR) is 120 cm³/mol. The van der Waals surface area contributed by atoms with Crippen LogP contribution < -0.4 is 15.4 Å². The Morgan fingerprint density at radius 1 is 1.11 bits per heavy atom. The van der Waals surface area contributed by atoms with Crippen molar-refractivity contribution in [1.82, 2.24) is 20.3 Å². The van der Waals surface area contributed by atoms with Crippen LogP contribution in [0.25, 0.3) is 0 Å². The van der Waals surface area contributed by atoms with Crippen molar-refractivity contribution in [2.75, 3.05) is 59.2 Å². The lowest BCUT2D eigenvalue weighted by Gasteiger charge is -2.48. The van der Waals surface area contributed by atoms with Gasteiger partial charge < -0.3 is 15.4 Å². The smallest absolute Gasteiger partial charge is 0.208 e. The number of hydrogen-bond donors (Lipinski definition) is 3. The molecule has 3 N–H and O–H groups in total. The molecule has 0 spiro atoms. The van der Waals surface area contributed by atoms with E-state index in [2.05, 4.69) is 25.2 Å². The maximum Gasteiger partial charge on any atom is 0.208 e. The maximum atomic E-state index is 11.1. The Kier molecular flexibility index (Phi) is 11.4. The minimum Gasteiger partial charge on any atom is -0.379 e. The minimum atomic E-state index is -3.12. The van der Waals surface area contributed by atoms with Crippen molar-refractivity contribution in [3.05, 3.63) is 0 Å². The summed E-state index contributed by atoms with van der Waals surface area (Å²) >= 11 is 0. The zero-order valence-corrected chi connectivity index (χ0v) is 19.8. The summed E-state index contributed by atoms with van der Waals surface area (Å²) in [5.74, 6) is 0.780. The Morgan fingerprint density at radius 3 is 2.37 bits per heavy atom. The summed E-state index contributed by atoms with van der Waals surface area (Å²) in [6, 6.07) is 0. The molecule has 0 amide bonds. The summed E-state index contributed by atoms with van der Waals surface area (Å²) in [7, 11) is -1.34.